The van der Waals surface area contributed by atoms with Crippen molar-refractivity contribution < 1.29 is 0 Å². The van der Waals surface area contributed by atoms with Crippen molar-refractivity contribution >= 4 is 32.6 Å². The van der Waals surface area contributed by atoms with Gasteiger partial charge in [0.15, 0.2) is 0 Å². The molecule has 0 spiro atoms. The Morgan fingerprint density at radius 2 is 1.15 bits per heavy atom. The molecule has 0 atom stereocenters. The summed E-state index contributed by atoms with van der Waals surface area (Å²) in [5.41, 5.74) is 17.8. The lowest BCUT2D eigenvalue weighted by Gasteiger charge is -2.33. The van der Waals surface area contributed by atoms with Gasteiger partial charge in [-0.1, -0.05) is 192 Å². The van der Waals surface area contributed by atoms with Gasteiger partial charge in [0.05, 0.1) is 11.0 Å². The summed E-state index contributed by atoms with van der Waals surface area (Å²) >= 11 is 0. The maximum atomic E-state index is 5.24. The van der Waals surface area contributed by atoms with E-state index < -0.39 is 0 Å². The second kappa shape index (κ2) is 13.5. The van der Waals surface area contributed by atoms with E-state index in [9.17, 15) is 0 Å². The summed E-state index contributed by atoms with van der Waals surface area (Å²) in [6.45, 7) is 14.3. The van der Waals surface area contributed by atoms with Gasteiger partial charge in [-0.3, -0.25) is 4.57 Å². The number of nitrogens with zero attached hydrogens (tertiary/aromatic N) is 2. The predicted molar refractivity (Wildman–Crippen MR) is 254 cm³/mol. The number of benzene rings is 8. The molecule has 0 amide bonds. The molecule has 0 fully saturated rings. The Hall–Kier alpha value is -7.03. The number of aromatic nitrogens is 2. The van der Waals surface area contributed by atoms with Crippen molar-refractivity contribution in [2.24, 2.45) is 0 Å². The molecule has 0 aliphatic heterocycles. The average molecular weight is 771 g/mol. The van der Waals surface area contributed by atoms with Crippen molar-refractivity contribution in [3.05, 3.63) is 216 Å². The minimum absolute atomic E-state index is 0.217. The van der Waals surface area contributed by atoms with Gasteiger partial charge in [-0.15, -0.1) is 0 Å². The quantitative estimate of drug-likeness (QED) is 0.163. The number of para-hydroxylation sites is 3. The van der Waals surface area contributed by atoms with E-state index in [-0.39, 0.29) is 10.8 Å². The maximum Gasteiger partial charge on any atom is 0.145 e. The SMILES string of the molecule is C=C1/C=C\C=C/Cc2ccc3c(-c4ccccc4)c4c5c(ccc4c(-c4ccc(-c6nc7ccccc7n6-c6ccccc6)cc4)c3c2C1(C)C)-c1ccccc1C5(C)C. The van der Waals surface area contributed by atoms with E-state index in [4.69, 9.17) is 11.6 Å². The standard InChI is InChI=1S/C58H46N2/c1-37-19-9-6-12-22-40-33-34-45-50(38-20-10-7-11-21-38)53-46(36-35-44-43-25-15-16-26-47(43)58(4,5)55(44)53)51(52(45)54(40)57(37,2)3)39-29-31-41(32-30-39)56-59-48-27-17-18-28-49(48)60(56)42-23-13-8-14-24-42/h6-21,23-36H,1,22H2,2-5H3/b12-6-,19-9-. The van der Waals surface area contributed by atoms with Crippen LogP contribution in [0.4, 0.5) is 0 Å². The number of allylic oxidation sites excluding steroid dienone is 5. The van der Waals surface area contributed by atoms with Crippen molar-refractivity contribution in [3.63, 3.8) is 0 Å². The minimum Gasteiger partial charge on any atom is -0.292 e. The first-order valence-corrected chi connectivity index (χ1v) is 21.1. The number of fused-ring (bicyclic) bond motifs is 9. The van der Waals surface area contributed by atoms with E-state index in [2.05, 4.69) is 214 Å². The highest BCUT2D eigenvalue weighted by Gasteiger charge is 2.39. The van der Waals surface area contributed by atoms with E-state index in [1.54, 1.807) is 0 Å². The Balaban J connectivity index is 1.28. The summed E-state index contributed by atoms with van der Waals surface area (Å²) in [6.07, 6.45) is 9.64. The lowest BCUT2D eigenvalue weighted by atomic mass is 9.70. The third-order valence-corrected chi connectivity index (χ3v) is 13.4. The van der Waals surface area contributed by atoms with Gasteiger partial charge in [-0.25, -0.2) is 4.98 Å². The van der Waals surface area contributed by atoms with Gasteiger partial charge in [0.25, 0.3) is 0 Å². The van der Waals surface area contributed by atoms with Crippen LogP contribution in [0, 0.1) is 0 Å². The van der Waals surface area contributed by atoms with Crippen LogP contribution >= 0.6 is 0 Å². The van der Waals surface area contributed by atoms with Gasteiger partial charge in [0.2, 0.25) is 0 Å². The Morgan fingerprint density at radius 3 is 1.92 bits per heavy atom. The summed E-state index contributed by atoms with van der Waals surface area (Å²) in [6, 6.07) is 58.0. The summed E-state index contributed by atoms with van der Waals surface area (Å²) in [5, 5.41) is 5.17. The van der Waals surface area contributed by atoms with Gasteiger partial charge < -0.3 is 0 Å². The molecule has 1 aromatic heterocycles. The maximum absolute atomic E-state index is 5.24. The Morgan fingerprint density at radius 1 is 0.533 bits per heavy atom. The molecule has 0 bridgehead atoms. The monoisotopic (exact) mass is 770 g/mol. The first-order chi connectivity index (χ1) is 29.2. The highest BCUT2D eigenvalue weighted by molar-refractivity contribution is 6.25. The lowest BCUT2D eigenvalue weighted by Crippen LogP contribution is -2.22. The van der Waals surface area contributed by atoms with Crippen LogP contribution in [-0.4, -0.2) is 9.55 Å². The molecule has 9 aromatic rings. The zero-order valence-electron chi connectivity index (χ0n) is 34.6. The zero-order chi connectivity index (χ0) is 40.8. The van der Waals surface area contributed by atoms with Crippen LogP contribution in [0.25, 0.3) is 83.0 Å². The van der Waals surface area contributed by atoms with Crippen LogP contribution in [0.5, 0.6) is 0 Å². The summed E-state index contributed by atoms with van der Waals surface area (Å²) in [4.78, 5) is 5.24. The van der Waals surface area contributed by atoms with Gasteiger partial charge in [0, 0.05) is 22.1 Å². The van der Waals surface area contributed by atoms with E-state index >= 15 is 0 Å². The third kappa shape index (κ3) is 5.30. The fourth-order valence-corrected chi connectivity index (χ4v) is 10.5. The molecule has 8 aromatic carbocycles. The molecule has 2 nitrogen and oxygen atoms in total. The number of rotatable bonds is 4. The van der Waals surface area contributed by atoms with Crippen LogP contribution in [0.15, 0.2) is 194 Å². The number of imidazole rings is 1. The molecule has 2 aliphatic carbocycles. The van der Waals surface area contributed by atoms with E-state index in [1.165, 1.54) is 77.2 Å². The number of hydrogen-bond donors (Lipinski definition) is 0. The molecule has 2 heteroatoms. The first kappa shape index (κ1) is 36.1. The van der Waals surface area contributed by atoms with Crippen LogP contribution in [0.1, 0.15) is 49.9 Å². The van der Waals surface area contributed by atoms with Crippen LogP contribution in [-0.2, 0) is 17.3 Å². The molecule has 0 saturated heterocycles. The van der Waals surface area contributed by atoms with Crippen LogP contribution in [0.2, 0.25) is 0 Å². The molecule has 60 heavy (non-hydrogen) atoms. The molecular weight excluding hydrogens is 725 g/mol. The predicted octanol–water partition coefficient (Wildman–Crippen LogP) is 15.1. The molecule has 11 rings (SSSR count). The summed E-state index contributed by atoms with van der Waals surface area (Å²) in [7, 11) is 0. The van der Waals surface area contributed by atoms with Gasteiger partial charge in [-0.05, 0) is 113 Å². The molecule has 0 unspecified atom stereocenters. The third-order valence-electron chi connectivity index (χ3n) is 13.4. The normalized spacial score (nSPS) is 16.2. The summed E-state index contributed by atoms with van der Waals surface area (Å²) in [5.74, 6) is 0.929. The van der Waals surface area contributed by atoms with Crippen molar-refractivity contribution in [3.8, 4) is 50.5 Å². The molecule has 288 valence electrons. The average Bonchev–Trinajstić information content (AvgIpc) is 3.79. The van der Waals surface area contributed by atoms with E-state index in [0.29, 0.717) is 0 Å². The van der Waals surface area contributed by atoms with Crippen molar-refractivity contribution in [1.82, 2.24) is 9.55 Å². The van der Waals surface area contributed by atoms with Crippen molar-refractivity contribution in [1.29, 1.82) is 0 Å². The van der Waals surface area contributed by atoms with Crippen molar-refractivity contribution in [2.75, 3.05) is 0 Å². The molecule has 1 heterocycles. The first-order valence-electron chi connectivity index (χ1n) is 21.1. The Bertz CT molecular complexity index is 3260. The summed E-state index contributed by atoms with van der Waals surface area (Å²) < 4.78 is 2.29. The van der Waals surface area contributed by atoms with Crippen LogP contribution < -0.4 is 0 Å². The second-order valence-electron chi connectivity index (χ2n) is 17.5. The molecule has 0 radical (unpaired) electrons. The highest BCUT2D eigenvalue weighted by Crippen LogP contribution is 2.57. The largest absolute Gasteiger partial charge is 0.292 e. The van der Waals surface area contributed by atoms with Crippen molar-refractivity contribution in [2.45, 2.75) is 44.9 Å². The fraction of sp³-hybridized carbons (Fsp3) is 0.121. The van der Waals surface area contributed by atoms with E-state index in [1.807, 2.05) is 0 Å². The minimum atomic E-state index is -0.361. The highest BCUT2D eigenvalue weighted by atomic mass is 15.1. The molecule has 0 saturated carbocycles. The number of hydrogen-bond acceptors (Lipinski definition) is 1. The molecular formula is C58H46N2. The van der Waals surface area contributed by atoms with Crippen LogP contribution in [0.3, 0.4) is 0 Å². The zero-order valence-corrected chi connectivity index (χ0v) is 34.6. The Labute approximate surface area is 352 Å². The second-order valence-corrected chi connectivity index (χ2v) is 17.5. The van der Waals surface area contributed by atoms with Gasteiger partial charge in [-0.2, -0.15) is 0 Å². The molecule has 2 aliphatic rings. The van der Waals surface area contributed by atoms with E-state index in [0.717, 1.165) is 40.1 Å². The Kier molecular flexibility index (Phi) is 8.12. The smallest absolute Gasteiger partial charge is 0.145 e. The molecule has 0 N–H and O–H groups in total. The fourth-order valence-electron chi connectivity index (χ4n) is 10.5. The van der Waals surface area contributed by atoms with Gasteiger partial charge in [0.1, 0.15) is 5.82 Å². The lowest BCUT2D eigenvalue weighted by molar-refractivity contribution is 0.642. The van der Waals surface area contributed by atoms with Gasteiger partial charge >= 0.3 is 0 Å². The topological polar surface area (TPSA) is 17.8 Å².